The Balaban J connectivity index is 1.50. The minimum atomic E-state index is -0.508. The van der Waals surface area contributed by atoms with Crippen molar-refractivity contribution in [3.8, 4) is 17.3 Å². The first-order valence-electron chi connectivity index (χ1n) is 9.72. The maximum absolute atomic E-state index is 12.3. The summed E-state index contributed by atoms with van der Waals surface area (Å²) in [6.07, 6.45) is 8.09. The number of nitrogens with one attached hydrogen (secondary N) is 2. The van der Waals surface area contributed by atoms with E-state index < -0.39 is 6.04 Å². The number of nitriles is 1. The van der Waals surface area contributed by atoms with Gasteiger partial charge in [0.15, 0.2) is 0 Å². The molecule has 8 nitrogen and oxygen atoms in total. The van der Waals surface area contributed by atoms with E-state index in [1.807, 2.05) is 17.8 Å². The van der Waals surface area contributed by atoms with E-state index in [2.05, 4.69) is 31.8 Å². The molecule has 1 atom stereocenters. The van der Waals surface area contributed by atoms with Gasteiger partial charge in [-0.3, -0.25) is 9.48 Å². The monoisotopic (exact) mass is 421 g/mol. The van der Waals surface area contributed by atoms with Crippen LogP contribution in [0.1, 0.15) is 42.6 Å². The lowest BCUT2D eigenvalue weighted by molar-refractivity contribution is 0.0944. The Morgan fingerprint density at radius 2 is 2.10 bits per heavy atom. The molecule has 1 aromatic carbocycles. The minimum absolute atomic E-state index is 0.293. The van der Waals surface area contributed by atoms with Crippen molar-refractivity contribution in [1.29, 1.82) is 5.26 Å². The Morgan fingerprint density at radius 1 is 1.33 bits per heavy atom. The van der Waals surface area contributed by atoms with E-state index >= 15 is 0 Å². The SMILES string of the molecule is CC[C@@H](C#N)NC(=O)c1ccc(-c2nc(Nc3cnn(C4CC4)c3)ncc2Cl)cc1. The second kappa shape index (κ2) is 8.51. The lowest BCUT2D eigenvalue weighted by Crippen LogP contribution is -2.33. The van der Waals surface area contributed by atoms with Crippen LogP contribution in [0.2, 0.25) is 5.02 Å². The molecule has 0 saturated heterocycles. The first-order valence-corrected chi connectivity index (χ1v) is 10.1. The van der Waals surface area contributed by atoms with Crippen LogP contribution in [0.3, 0.4) is 0 Å². The van der Waals surface area contributed by atoms with Gasteiger partial charge in [0.25, 0.3) is 5.91 Å². The molecule has 4 rings (SSSR count). The Bertz CT molecular complexity index is 1100. The highest BCUT2D eigenvalue weighted by Crippen LogP contribution is 2.35. The van der Waals surface area contributed by atoms with Crippen molar-refractivity contribution in [2.24, 2.45) is 0 Å². The van der Waals surface area contributed by atoms with Crippen molar-refractivity contribution in [2.75, 3.05) is 5.32 Å². The largest absolute Gasteiger partial charge is 0.336 e. The van der Waals surface area contributed by atoms with Crippen LogP contribution in [0.5, 0.6) is 0 Å². The number of halogens is 1. The molecule has 152 valence electrons. The maximum atomic E-state index is 12.3. The zero-order valence-electron chi connectivity index (χ0n) is 16.3. The number of carbonyl (C=O) groups excluding carboxylic acids is 1. The number of rotatable bonds is 7. The number of benzene rings is 1. The Kier molecular flexibility index (Phi) is 5.63. The number of carbonyl (C=O) groups is 1. The van der Waals surface area contributed by atoms with Gasteiger partial charge >= 0.3 is 0 Å². The summed E-state index contributed by atoms with van der Waals surface area (Å²) in [5.74, 6) is 0.116. The average molecular weight is 422 g/mol. The van der Waals surface area contributed by atoms with E-state index in [0.29, 0.717) is 34.7 Å². The summed E-state index contributed by atoms with van der Waals surface area (Å²) in [5, 5.41) is 19.6. The van der Waals surface area contributed by atoms with Gasteiger partial charge in [-0.25, -0.2) is 9.97 Å². The second-order valence-electron chi connectivity index (χ2n) is 7.10. The fraction of sp³-hybridized carbons (Fsp3) is 0.286. The average Bonchev–Trinajstić information content (AvgIpc) is 3.52. The van der Waals surface area contributed by atoms with E-state index in [9.17, 15) is 4.79 Å². The predicted molar refractivity (Wildman–Crippen MR) is 113 cm³/mol. The molecule has 2 heterocycles. The van der Waals surface area contributed by atoms with Gasteiger partial charge in [0, 0.05) is 17.3 Å². The third kappa shape index (κ3) is 4.42. The lowest BCUT2D eigenvalue weighted by atomic mass is 10.1. The summed E-state index contributed by atoms with van der Waals surface area (Å²) in [6, 6.07) is 8.95. The van der Waals surface area contributed by atoms with Crippen molar-refractivity contribution in [2.45, 2.75) is 38.3 Å². The van der Waals surface area contributed by atoms with E-state index in [-0.39, 0.29) is 5.91 Å². The first kappa shape index (κ1) is 19.9. The van der Waals surface area contributed by atoms with Gasteiger partial charge in [0.05, 0.1) is 40.9 Å². The number of nitrogens with zero attached hydrogens (tertiary/aromatic N) is 5. The molecule has 30 heavy (non-hydrogen) atoms. The Labute approximate surface area is 178 Å². The summed E-state index contributed by atoms with van der Waals surface area (Å²) in [4.78, 5) is 21.0. The number of anilines is 2. The third-order valence-corrected chi connectivity index (χ3v) is 5.09. The van der Waals surface area contributed by atoms with Crippen LogP contribution < -0.4 is 10.6 Å². The van der Waals surface area contributed by atoms with Gasteiger partial charge in [-0.15, -0.1) is 0 Å². The van der Waals surface area contributed by atoms with Gasteiger partial charge in [0.1, 0.15) is 6.04 Å². The normalized spacial score (nSPS) is 14.0. The molecular formula is C21H20ClN7O. The van der Waals surface area contributed by atoms with Crippen molar-refractivity contribution in [3.63, 3.8) is 0 Å². The van der Waals surface area contributed by atoms with Crippen molar-refractivity contribution in [3.05, 3.63) is 53.4 Å². The highest BCUT2D eigenvalue weighted by atomic mass is 35.5. The van der Waals surface area contributed by atoms with Gasteiger partial charge in [-0.2, -0.15) is 10.4 Å². The fourth-order valence-electron chi connectivity index (χ4n) is 2.95. The van der Waals surface area contributed by atoms with Crippen LogP contribution in [-0.4, -0.2) is 31.7 Å². The lowest BCUT2D eigenvalue weighted by Gasteiger charge is -2.10. The quantitative estimate of drug-likeness (QED) is 0.594. The standard InChI is InChI=1S/C21H20ClN7O/c1-2-15(9-23)26-20(30)14-5-3-13(4-6-14)19-18(22)11-24-21(28-19)27-16-10-25-29(12-16)17-7-8-17/h3-6,10-12,15,17H,2,7-8H2,1H3,(H,26,30)(H,24,27,28)/t15-/m0/s1. The predicted octanol–water partition coefficient (Wildman–Crippen LogP) is 4.10. The van der Waals surface area contributed by atoms with Crippen molar-refractivity contribution in [1.82, 2.24) is 25.1 Å². The molecule has 1 saturated carbocycles. The second-order valence-corrected chi connectivity index (χ2v) is 7.50. The number of amides is 1. The van der Waals surface area contributed by atoms with Crippen molar-refractivity contribution < 1.29 is 4.79 Å². The highest BCUT2D eigenvalue weighted by Gasteiger charge is 2.24. The maximum Gasteiger partial charge on any atom is 0.252 e. The van der Waals surface area contributed by atoms with Crippen LogP contribution in [0.4, 0.5) is 11.6 Å². The molecule has 2 aromatic heterocycles. The number of hydrogen-bond donors (Lipinski definition) is 2. The Morgan fingerprint density at radius 3 is 2.77 bits per heavy atom. The molecule has 2 N–H and O–H groups in total. The number of aromatic nitrogens is 4. The molecule has 0 spiro atoms. The third-order valence-electron chi connectivity index (χ3n) is 4.81. The molecule has 9 heteroatoms. The molecule has 1 amide bonds. The first-order chi connectivity index (χ1) is 14.6. The summed E-state index contributed by atoms with van der Waals surface area (Å²) in [5.41, 5.74) is 2.58. The van der Waals surface area contributed by atoms with Crippen molar-refractivity contribution >= 4 is 29.1 Å². The van der Waals surface area contributed by atoms with E-state index in [1.165, 1.54) is 6.20 Å². The molecule has 1 aliphatic rings. The fourth-order valence-corrected chi connectivity index (χ4v) is 3.15. The molecule has 1 fully saturated rings. The molecule has 0 radical (unpaired) electrons. The van der Waals surface area contributed by atoms with Gasteiger partial charge < -0.3 is 10.6 Å². The van der Waals surface area contributed by atoms with Crippen LogP contribution >= 0.6 is 11.6 Å². The van der Waals surface area contributed by atoms with Crippen LogP contribution in [0.25, 0.3) is 11.3 Å². The smallest absolute Gasteiger partial charge is 0.252 e. The zero-order valence-corrected chi connectivity index (χ0v) is 17.1. The Hall–Kier alpha value is -3.44. The van der Waals surface area contributed by atoms with E-state index in [4.69, 9.17) is 16.9 Å². The molecular weight excluding hydrogens is 402 g/mol. The van der Waals surface area contributed by atoms with Crippen LogP contribution in [-0.2, 0) is 0 Å². The topological polar surface area (TPSA) is 109 Å². The summed E-state index contributed by atoms with van der Waals surface area (Å²) >= 11 is 6.31. The van der Waals surface area contributed by atoms with E-state index in [0.717, 1.165) is 24.1 Å². The molecule has 3 aromatic rings. The minimum Gasteiger partial charge on any atom is -0.336 e. The molecule has 0 unspecified atom stereocenters. The van der Waals surface area contributed by atoms with Gasteiger partial charge in [-0.1, -0.05) is 30.7 Å². The molecule has 0 bridgehead atoms. The molecule has 0 aliphatic heterocycles. The van der Waals surface area contributed by atoms with Crippen LogP contribution in [0.15, 0.2) is 42.9 Å². The van der Waals surface area contributed by atoms with E-state index in [1.54, 1.807) is 30.5 Å². The summed E-state index contributed by atoms with van der Waals surface area (Å²) in [7, 11) is 0. The van der Waals surface area contributed by atoms with Gasteiger partial charge in [-0.05, 0) is 31.4 Å². The molecule has 1 aliphatic carbocycles. The van der Waals surface area contributed by atoms with Crippen LogP contribution in [0, 0.1) is 11.3 Å². The van der Waals surface area contributed by atoms with Gasteiger partial charge in [0.2, 0.25) is 5.95 Å². The zero-order chi connectivity index (χ0) is 21.1. The summed E-state index contributed by atoms with van der Waals surface area (Å²) < 4.78 is 1.94. The number of hydrogen-bond acceptors (Lipinski definition) is 6. The highest BCUT2D eigenvalue weighted by molar-refractivity contribution is 6.32. The summed E-state index contributed by atoms with van der Waals surface area (Å²) in [6.45, 7) is 1.84.